The first-order valence-electron chi connectivity index (χ1n) is 10.5. The number of hydrogen-bond acceptors (Lipinski definition) is 8. The van der Waals surface area contributed by atoms with Gasteiger partial charge < -0.3 is 14.8 Å². The van der Waals surface area contributed by atoms with E-state index in [1.165, 1.54) is 16.6 Å². The highest BCUT2D eigenvalue weighted by Crippen LogP contribution is 2.41. The Morgan fingerprint density at radius 1 is 1.18 bits per heavy atom. The molecule has 0 saturated carbocycles. The maximum atomic E-state index is 13.6. The Labute approximate surface area is 193 Å². The molecular formula is C21H20F3N5O4S. The molecule has 0 aliphatic carbocycles. The molecule has 0 amide bonds. The van der Waals surface area contributed by atoms with E-state index in [1.807, 2.05) is 0 Å². The standard InChI is InChI=1S/C21H20F3N5O4S/c1-12-13-4-2-5-15(21(22,23)24)18(13)32-7-8-33-20-27-16-11-25-17(10-14(16)19(26-12)28-20)29-6-3-9-34(29,30)31/h2,4-5,10-12H,3,6-9H2,1H3,(H,26,27,28)/t12-/m1/s1. The average molecular weight is 495 g/mol. The number of ether oxygens (including phenoxy) is 2. The number of para-hydroxylation sites is 1. The van der Waals surface area contributed by atoms with Crippen LogP contribution < -0.4 is 19.1 Å². The molecule has 1 N–H and O–H groups in total. The van der Waals surface area contributed by atoms with E-state index in [0.717, 1.165) is 6.07 Å². The van der Waals surface area contributed by atoms with Crippen LogP contribution in [0.5, 0.6) is 11.8 Å². The lowest BCUT2D eigenvalue weighted by Crippen LogP contribution is -2.26. The fraction of sp³-hybridized carbons (Fsp3) is 0.381. The second kappa shape index (κ2) is 8.15. The average Bonchev–Trinajstić information content (AvgIpc) is 3.13. The lowest BCUT2D eigenvalue weighted by Gasteiger charge is -2.22. The number of pyridine rings is 1. The van der Waals surface area contributed by atoms with E-state index in [4.69, 9.17) is 9.47 Å². The van der Waals surface area contributed by atoms with Crippen molar-refractivity contribution in [1.82, 2.24) is 15.0 Å². The molecule has 180 valence electrons. The fourth-order valence-corrected chi connectivity index (χ4v) is 5.55. The maximum absolute atomic E-state index is 13.6. The Morgan fingerprint density at radius 2 is 1.97 bits per heavy atom. The summed E-state index contributed by atoms with van der Waals surface area (Å²) in [7, 11) is -3.46. The number of alkyl halides is 3. The van der Waals surface area contributed by atoms with Gasteiger partial charge in [-0.25, -0.2) is 13.4 Å². The Kier molecular flexibility index (Phi) is 5.38. The first-order valence-corrected chi connectivity index (χ1v) is 12.1. The van der Waals surface area contributed by atoms with Crippen molar-refractivity contribution >= 4 is 32.6 Å². The molecule has 2 bridgehead atoms. The highest BCUT2D eigenvalue weighted by molar-refractivity contribution is 7.93. The monoisotopic (exact) mass is 495 g/mol. The lowest BCUT2D eigenvalue weighted by atomic mass is 10.0. The number of benzene rings is 1. The largest absolute Gasteiger partial charge is 0.489 e. The summed E-state index contributed by atoms with van der Waals surface area (Å²) in [6.07, 6.45) is -2.68. The summed E-state index contributed by atoms with van der Waals surface area (Å²) in [5.41, 5.74) is -0.197. The molecule has 4 heterocycles. The van der Waals surface area contributed by atoms with E-state index >= 15 is 0 Å². The van der Waals surface area contributed by atoms with Crippen LogP contribution in [0, 0.1) is 0 Å². The van der Waals surface area contributed by atoms with Gasteiger partial charge in [0.1, 0.15) is 30.6 Å². The number of anilines is 2. The molecule has 2 aliphatic heterocycles. The number of nitrogens with one attached hydrogen (secondary N) is 1. The van der Waals surface area contributed by atoms with Crippen LogP contribution in [-0.2, 0) is 16.2 Å². The lowest BCUT2D eigenvalue weighted by molar-refractivity contribution is -0.139. The molecular weight excluding hydrogens is 475 g/mol. The minimum Gasteiger partial charge on any atom is -0.489 e. The number of rotatable bonds is 1. The van der Waals surface area contributed by atoms with Gasteiger partial charge in [0.2, 0.25) is 10.0 Å². The molecule has 0 unspecified atom stereocenters. The highest BCUT2D eigenvalue weighted by Gasteiger charge is 2.36. The summed E-state index contributed by atoms with van der Waals surface area (Å²) < 4.78 is 77.9. The first kappa shape index (κ1) is 22.4. The second-order valence-electron chi connectivity index (χ2n) is 7.94. The highest BCUT2D eigenvalue weighted by atomic mass is 32.2. The maximum Gasteiger partial charge on any atom is 0.419 e. The van der Waals surface area contributed by atoms with Crippen molar-refractivity contribution in [1.29, 1.82) is 0 Å². The van der Waals surface area contributed by atoms with Gasteiger partial charge in [-0.15, -0.1) is 0 Å². The van der Waals surface area contributed by atoms with Crippen molar-refractivity contribution < 1.29 is 31.1 Å². The number of hydrogen-bond donors (Lipinski definition) is 1. The van der Waals surface area contributed by atoms with Crippen LogP contribution in [0.1, 0.15) is 30.5 Å². The van der Waals surface area contributed by atoms with Gasteiger partial charge >= 0.3 is 12.2 Å². The van der Waals surface area contributed by atoms with Gasteiger partial charge in [0.05, 0.1) is 29.1 Å². The van der Waals surface area contributed by atoms with Gasteiger partial charge in [0, 0.05) is 17.5 Å². The second-order valence-corrected chi connectivity index (χ2v) is 9.95. The number of sulfonamides is 1. The van der Waals surface area contributed by atoms with Crippen molar-refractivity contribution in [2.75, 3.05) is 35.1 Å². The number of fused-ring (bicyclic) bond motifs is 5. The van der Waals surface area contributed by atoms with E-state index in [2.05, 4.69) is 20.3 Å². The fourth-order valence-electron chi connectivity index (χ4n) is 4.05. The zero-order valence-electron chi connectivity index (χ0n) is 18.0. The van der Waals surface area contributed by atoms with E-state index in [1.54, 1.807) is 19.1 Å². The Hall–Kier alpha value is -3.35. The van der Waals surface area contributed by atoms with Crippen LogP contribution in [0.4, 0.5) is 24.8 Å². The minimum absolute atomic E-state index is 0.00357. The molecule has 2 aromatic heterocycles. The number of halogens is 3. The van der Waals surface area contributed by atoms with E-state index < -0.39 is 27.8 Å². The van der Waals surface area contributed by atoms with E-state index in [-0.39, 0.29) is 42.4 Å². The quantitative estimate of drug-likeness (QED) is 0.547. The van der Waals surface area contributed by atoms with Gasteiger partial charge in [-0.3, -0.25) is 4.31 Å². The Bertz CT molecular complexity index is 1370. The van der Waals surface area contributed by atoms with Crippen molar-refractivity contribution in [3.63, 3.8) is 0 Å². The summed E-state index contributed by atoms with van der Waals surface area (Å²) in [5.74, 6) is 0.260. The summed E-state index contributed by atoms with van der Waals surface area (Å²) >= 11 is 0. The van der Waals surface area contributed by atoms with Crippen LogP contribution in [0.15, 0.2) is 30.5 Å². The van der Waals surface area contributed by atoms with E-state index in [9.17, 15) is 21.6 Å². The van der Waals surface area contributed by atoms with Crippen LogP contribution in [0.2, 0.25) is 0 Å². The summed E-state index contributed by atoms with van der Waals surface area (Å²) in [4.78, 5) is 12.9. The molecule has 5 rings (SSSR count). The summed E-state index contributed by atoms with van der Waals surface area (Å²) in [6.45, 7) is 1.77. The predicted octanol–water partition coefficient (Wildman–Crippen LogP) is 3.53. The van der Waals surface area contributed by atoms with Crippen LogP contribution in [-0.4, -0.2) is 48.9 Å². The summed E-state index contributed by atoms with van der Waals surface area (Å²) in [5, 5.41) is 3.58. The van der Waals surface area contributed by atoms with Crippen molar-refractivity contribution in [2.45, 2.75) is 25.6 Å². The smallest absolute Gasteiger partial charge is 0.419 e. The Balaban J connectivity index is 1.62. The van der Waals surface area contributed by atoms with Crippen LogP contribution >= 0.6 is 0 Å². The zero-order valence-corrected chi connectivity index (χ0v) is 18.8. The van der Waals surface area contributed by atoms with Gasteiger partial charge in [0.25, 0.3) is 0 Å². The third-order valence-corrected chi connectivity index (χ3v) is 7.48. The zero-order chi connectivity index (χ0) is 24.1. The van der Waals surface area contributed by atoms with Gasteiger partial charge in [0.15, 0.2) is 0 Å². The molecule has 13 heteroatoms. The molecule has 1 aromatic carbocycles. The Morgan fingerprint density at radius 3 is 2.71 bits per heavy atom. The molecule has 1 atom stereocenters. The molecule has 2 aliphatic rings. The van der Waals surface area contributed by atoms with Gasteiger partial charge in [-0.1, -0.05) is 12.1 Å². The molecule has 3 aromatic rings. The van der Waals surface area contributed by atoms with Gasteiger partial charge in [-0.2, -0.15) is 23.1 Å². The predicted molar refractivity (Wildman–Crippen MR) is 118 cm³/mol. The first-order chi connectivity index (χ1) is 16.1. The summed E-state index contributed by atoms with van der Waals surface area (Å²) in [6, 6.07) is 4.75. The van der Waals surface area contributed by atoms with Gasteiger partial charge in [-0.05, 0) is 25.5 Å². The van der Waals surface area contributed by atoms with Crippen molar-refractivity contribution in [3.8, 4) is 11.8 Å². The molecule has 0 spiro atoms. The molecule has 1 saturated heterocycles. The third kappa shape index (κ3) is 4.04. The number of aromatic nitrogens is 3. The normalized spacial score (nSPS) is 20.0. The molecule has 34 heavy (non-hydrogen) atoms. The van der Waals surface area contributed by atoms with Crippen molar-refractivity contribution in [3.05, 3.63) is 41.6 Å². The molecule has 9 nitrogen and oxygen atoms in total. The molecule has 1 fully saturated rings. The number of nitrogens with zero attached hydrogens (tertiary/aromatic N) is 4. The minimum atomic E-state index is -4.60. The SMILES string of the molecule is C[C@H]1Nc2nc(nc3cnc(N4CCCS4(=O)=O)cc23)OCCOc2c1cccc2C(F)(F)F. The van der Waals surface area contributed by atoms with Crippen LogP contribution in [0.25, 0.3) is 10.9 Å². The third-order valence-electron chi connectivity index (χ3n) is 5.63. The van der Waals surface area contributed by atoms with Crippen molar-refractivity contribution in [2.24, 2.45) is 0 Å². The molecule has 0 radical (unpaired) electrons. The van der Waals surface area contributed by atoms with E-state index in [0.29, 0.717) is 29.4 Å². The van der Waals surface area contributed by atoms with Crippen LogP contribution in [0.3, 0.4) is 0 Å². The topological polar surface area (TPSA) is 107 Å².